The van der Waals surface area contributed by atoms with E-state index in [1.54, 1.807) is 0 Å². The summed E-state index contributed by atoms with van der Waals surface area (Å²) < 4.78 is 0. The number of allylic oxidation sites excluding steroid dienone is 5. The summed E-state index contributed by atoms with van der Waals surface area (Å²) in [6.07, 6.45) is 6.35. The molecule has 1 aliphatic carbocycles. The van der Waals surface area contributed by atoms with Crippen molar-refractivity contribution in [3.05, 3.63) is 40.7 Å². The van der Waals surface area contributed by atoms with Crippen molar-refractivity contribution in [2.45, 2.75) is 20.3 Å². The van der Waals surface area contributed by atoms with Crippen LogP contribution in [0.4, 0.5) is 0 Å². The Labute approximate surface area is 73.0 Å². The van der Waals surface area contributed by atoms with Crippen LogP contribution in [0.3, 0.4) is 0 Å². The maximum atomic E-state index is 8.47. The lowest BCUT2D eigenvalue weighted by Gasteiger charge is -1.92. The predicted octanol–water partition coefficient (Wildman–Crippen LogP) is 2.89. The molecule has 0 amide bonds. The molecule has 0 fully saturated rings. The summed E-state index contributed by atoms with van der Waals surface area (Å²) in [6.45, 7) is 4.10. The number of nitriles is 1. The zero-order chi connectivity index (χ0) is 8.97. The first kappa shape index (κ1) is 8.59. The van der Waals surface area contributed by atoms with Gasteiger partial charge in [-0.15, -0.1) is 5.73 Å². The van der Waals surface area contributed by atoms with Crippen LogP contribution in [0.2, 0.25) is 0 Å². The molecule has 1 aliphatic rings. The highest BCUT2D eigenvalue weighted by atomic mass is 14.2. The zero-order valence-corrected chi connectivity index (χ0v) is 7.39. The molecule has 0 atom stereocenters. The molecular formula is C11H11N. The van der Waals surface area contributed by atoms with Crippen molar-refractivity contribution in [2.75, 3.05) is 0 Å². The van der Waals surface area contributed by atoms with Crippen molar-refractivity contribution in [1.29, 1.82) is 5.26 Å². The van der Waals surface area contributed by atoms with Gasteiger partial charge in [0, 0.05) is 5.57 Å². The van der Waals surface area contributed by atoms with Gasteiger partial charge in [-0.3, -0.25) is 0 Å². The molecule has 1 rings (SSSR count). The molecule has 0 bridgehead atoms. The van der Waals surface area contributed by atoms with E-state index in [9.17, 15) is 0 Å². The van der Waals surface area contributed by atoms with Crippen molar-refractivity contribution in [1.82, 2.24) is 0 Å². The van der Waals surface area contributed by atoms with Crippen molar-refractivity contribution >= 4 is 0 Å². The van der Waals surface area contributed by atoms with E-state index in [-0.39, 0.29) is 0 Å². The maximum Gasteiger partial charge on any atom is 0.0676 e. The second kappa shape index (κ2) is 3.76. The van der Waals surface area contributed by atoms with Crippen molar-refractivity contribution in [2.24, 2.45) is 0 Å². The number of hydrogen-bond acceptors (Lipinski definition) is 1. The minimum atomic E-state index is 0.438. The fourth-order valence-electron chi connectivity index (χ4n) is 0.915. The molecule has 1 heteroatoms. The Morgan fingerprint density at radius 2 is 2.08 bits per heavy atom. The molecule has 60 valence electrons. The predicted molar refractivity (Wildman–Crippen MR) is 49.3 cm³/mol. The fraction of sp³-hybridized carbons (Fsp3) is 0.273. The highest BCUT2D eigenvalue weighted by Crippen LogP contribution is 2.12. The third kappa shape index (κ3) is 1.99. The van der Waals surface area contributed by atoms with Crippen LogP contribution in [0.1, 0.15) is 20.3 Å². The minimum absolute atomic E-state index is 0.438. The van der Waals surface area contributed by atoms with E-state index in [0.717, 1.165) is 5.57 Å². The molecule has 0 heterocycles. The highest BCUT2D eigenvalue weighted by molar-refractivity contribution is 5.38. The van der Waals surface area contributed by atoms with Gasteiger partial charge in [0.2, 0.25) is 0 Å². The molecule has 0 aromatic carbocycles. The second-order valence-electron chi connectivity index (χ2n) is 2.85. The van der Waals surface area contributed by atoms with E-state index < -0.39 is 0 Å². The zero-order valence-electron chi connectivity index (χ0n) is 7.39. The molecule has 0 saturated heterocycles. The van der Waals surface area contributed by atoms with E-state index in [1.165, 1.54) is 11.1 Å². The van der Waals surface area contributed by atoms with E-state index in [4.69, 9.17) is 5.26 Å². The molecule has 0 unspecified atom stereocenters. The average molecular weight is 157 g/mol. The Morgan fingerprint density at radius 1 is 1.33 bits per heavy atom. The minimum Gasteiger partial charge on any atom is -0.198 e. The standard InChI is InChI=1S/C11H11N/c1-9-3-5-11(7-8-12)6-4-10(9)2/h3-5H,7H2,1-2H3. The lowest BCUT2D eigenvalue weighted by Crippen LogP contribution is -1.73. The van der Waals surface area contributed by atoms with Gasteiger partial charge in [-0.2, -0.15) is 5.26 Å². The van der Waals surface area contributed by atoms with Gasteiger partial charge in [-0.05, 0) is 37.1 Å². The van der Waals surface area contributed by atoms with Crippen molar-refractivity contribution < 1.29 is 0 Å². The lowest BCUT2D eigenvalue weighted by atomic mass is 10.1. The summed E-state index contributed by atoms with van der Waals surface area (Å²) in [5.41, 5.74) is 6.48. The summed E-state index contributed by atoms with van der Waals surface area (Å²) in [4.78, 5) is 0. The smallest absolute Gasteiger partial charge is 0.0676 e. The number of rotatable bonds is 1. The van der Waals surface area contributed by atoms with Crippen LogP contribution >= 0.6 is 0 Å². The summed E-state index contributed by atoms with van der Waals surface area (Å²) in [6, 6.07) is 2.11. The Hall–Kier alpha value is -1.51. The van der Waals surface area contributed by atoms with Crippen LogP contribution in [0, 0.1) is 11.3 Å². The molecule has 0 aromatic heterocycles. The SMILES string of the molecule is CC1=C(C)C=CC(CC#N)=C=C1. The molecule has 12 heavy (non-hydrogen) atoms. The van der Waals surface area contributed by atoms with Gasteiger partial charge >= 0.3 is 0 Å². The van der Waals surface area contributed by atoms with Crippen LogP contribution in [-0.2, 0) is 0 Å². The Balaban J connectivity index is 2.97. The summed E-state index contributed by atoms with van der Waals surface area (Å²) in [7, 11) is 0. The summed E-state index contributed by atoms with van der Waals surface area (Å²) in [5, 5.41) is 8.47. The number of nitrogens with zero attached hydrogens (tertiary/aromatic N) is 1. The third-order valence-electron chi connectivity index (χ3n) is 1.90. The van der Waals surface area contributed by atoms with E-state index in [2.05, 4.69) is 18.7 Å². The number of hydrogen-bond donors (Lipinski definition) is 0. The highest BCUT2D eigenvalue weighted by Gasteiger charge is 1.95. The molecule has 0 spiro atoms. The summed E-state index contributed by atoms with van der Waals surface area (Å²) in [5.74, 6) is 0. The van der Waals surface area contributed by atoms with Gasteiger partial charge in [-0.1, -0.05) is 6.08 Å². The first-order valence-electron chi connectivity index (χ1n) is 3.92. The van der Waals surface area contributed by atoms with Gasteiger partial charge in [0.15, 0.2) is 0 Å². The van der Waals surface area contributed by atoms with Crippen LogP contribution in [0.5, 0.6) is 0 Å². The Morgan fingerprint density at radius 3 is 2.75 bits per heavy atom. The summed E-state index contributed by atoms with van der Waals surface area (Å²) >= 11 is 0. The van der Waals surface area contributed by atoms with E-state index >= 15 is 0 Å². The Bertz CT molecular complexity index is 342. The molecule has 0 aromatic rings. The van der Waals surface area contributed by atoms with Crippen molar-refractivity contribution in [3.8, 4) is 6.07 Å². The second-order valence-corrected chi connectivity index (χ2v) is 2.85. The van der Waals surface area contributed by atoms with Crippen LogP contribution < -0.4 is 0 Å². The first-order valence-corrected chi connectivity index (χ1v) is 3.92. The van der Waals surface area contributed by atoms with Crippen molar-refractivity contribution in [3.63, 3.8) is 0 Å². The van der Waals surface area contributed by atoms with E-state index in [1.807, 2.05) is 25.2 Å². The lowest BCUT2D eigenvalue weighted by molar-refractivity contribution is 1.28. The molecule has 0 radical (unpaired) electrons. The normalized spacial score (nSPS) is 15.6. The molecule has 1 nitrogen and oxygen atoms in total. The van der Waals surface area contributed by atoms with Gasteiger partial charge in [0.05, 0.1) is 12.5 Å². The first-order chi connectivity index (χ1) is 5.74. The third-order valence-corrected chi connectivity index (χ3v) is 1.90. The Kier molecular flexibility index (Phi) is 2.69. The van der Waals surface area contributed by atoms with Crippen LogP contribution in [0.15, 0.2) is 40.7 Å². The molecule has 0 saturated carbocycles. The monoisotopic (exact) mass is 157 g/mol. The largest absolute Gasteiger partial charge is 0.198 e. The van der Waals surface area contributed by atoms with Crippen LogP contribution in [0.25, 0.3) is 0 Å². The van der Waals surface area contributed by atoms with Gasteiger partial charge in [-0.25, -0.2) is 0 Å². The average Bonchev–Trinajstić information content (AvgIpc) is 2.20. The van der Waals surface area contributed by atoms with Crippen LogP contribution in [-0.4, -0.2) is 0 Å². The van der Waals surface area contributed by atoms with Gasteiger partial charge in [0.25, 0.3) is 0 Å². The quantitative estimate of drug-likeness (QED) is 0.537. The van der Waals surface area contributed by atoms with Gasteiger partial charge < -0.3 is 0 Å². The molecule has 0 aliphatic heterocycles. The van der Waals surface area contributed by atoms with E-state index in [0.29, 0.717) is 6.42 Å². The fourth-order valence-corrected chi connectivity index (χ4v) is 0.915. The molecule has 0 N–H and O–H groups in total. The topological polar surface area (TPSA) is 23.8 Å². The van der Waals surface area contributed by atoms with Gasteiger partial charge in [0.1, 0.15) is 0 Å². The molecular weight excluding hydrogens is 146 g/mol. The maximum absolute atomic E-state index is 8.47.